The van der Waals surface area contributed by atoms with E-state index in [2.05, 4.69) is 10.5 Å². The predicted octanol–water partition coefficient (Wildman–Crippen LogP) is 3.22. The van der Waals surface area contributed by atoms with Gasteiger partial charge in [0, 0.05) is 11.6 Å². The van der Waals surface area contributed by atoms with Gasteiger partial charge in [-0.25, -0.2) is 5.48 Å². The highest BCUT2D eigenvalue weighted by Gasteiger charge is 2.04. The molecule has 2 aromatic carbocycles. The van der Waals surface area contributed by atoms with E-state index in [4.69, 9.17) is 10.6 Å². The van der Waals surface area contributed by atoms with Crippen LogP contribution in [0.5, 0.6) is 5.75 Å². The Morgan fingerprint density at radius 3 is 2.68 bits per heavy atom. The van der Waals surface area contributed by atoms with E-state index in [0.717, 1.165) is 16.6 Å². The van der Waals surface area contributed by atoms with Gasteiger partial charge in [-0.1, -0.05) is 30.3 Å². The number of anilines is 2. The second-order valence-corrected chi connectivity index (χ2v) is 4.12. The molecule has 19 heavy (non-hydrogen) atoms. The molecule has 0 aliphatic heterocycles. The Labute approximate surface area is 110 Å². The number of rotatable bonds is 3. The molecule has 3 rings (SSSR count). The van der Waals surface area contributed by atoms with Crippen LogP contribution in [-0.4, -0.2) is 4.98 Å². The lowest BCUT2D eigenvalue weighted by Gasteiger charge is -2.11. The Bertz CT molecular complexity index is 707. The zero-order valence-electron chi connectivity index (χ0n) is 10.2. The molecule has 3 N–H and O–H groups in total. The van der Waals surface area contributed by atoms with Gasteiger partial charge < -0.3 is 10.6 Å². The SMILES string of the molecule is Nc1ccccc1NOc1cccc2cccnc12. The molecule has 4 heteroatoms. The van der Waals surface area contributed by atoms with Crippen LogP contribution < -0.4 is 16.1 Å². The summed E-state index contributed by atoms with van der Waals surface area (Å²) in [6.07, 6.45) is 1.74. The molecule has 4 nitrogen and oxygen atoms in total. The maximum atomic E-state index is 5.84. The van der Waals surface area contributed by atoms with Gasteiger partial charge in [-0.3, -0.25) is 4.98 Å². The molecule has 0 saturated heterocycles. The highest BCUT2D eigenvalue weighted by atomic mass is 16.6. The van der Waals surface area contributed by atoms with Crippen LogP contribution in [0.1, 0.15) is 0 Å². The van der Waals surface area contributed by atoms with Crippen LogP contribution in [0.4, 0.5) is 11.4 Å². The summed E-state index contributed by atoms with van der Waals surface area (Å²) >= 11 is 0. The lowest BCUT2D eigenvalue weighted by molar-refractivity contribution is 0.409. The van der Waals surface area contributed by atoms with Crippen molar-refractivity contribution in [2.24, 2.45) is 0 Å². The number of nitrogens with zero attached hydrogens (tertiary/aromatic N) is 1. The summed E-state index contributed by atoms with van der Waals surface area (Å²) in [6, 6.07) is 17.1. The van der Waals surface area contributed by atoms with Crippen LogP contribution in [0.3, 0.4) is 0 Å². The summed E-state index contributed by atoms with van der Waals surface area (Å²) in [6.45, 7) is 0. The molecule has 0 amide bonds. The summed E-state index contributed by atoms with van der Waals surface area (Å²) in [5, 5.41) is 1.03. The first-order valence-corrected chi connectivity index (χ1v) is 5.96. The Kier molecular flexibility index (Phi) is 2.90. The van der Waals surface area contributed by atoms with Crippen LogP contribution in [0.15, 0.2) is 60.8 Å². The number of nitrogen functional groups attached to an aromatic ring is 1. The molecule has 0 fully saturated rings. The maximum absolute atomic E-state index is 5.84. The largest absolute Gasteiger partial charge is 0.397 e. The van der Waals surface area contributed by atoms with E-state index in [0.29, 0.717) is 11.4 Å². The van der Waals surface area contributed by atoms with Gasteiger partial charge in [0.15, 0.2) is 5.75 Å². The molecule has 0 saturated carbocycles. The van der Waals surface area contributed by atoms with E-state index in [1.807, 2.05) is 54.6 Å². The lowest BCUT2D eigenvalue weighted by Crippen LogP contribution is -2.07. The van der Waals surface area contributed by atoms with Gasteiger partial charge in [-0.2, -0.15) is 0 Å². The molecule has 0 bridgehead atoms. The Morgan fingerprint density at radius 2 is 1.79 bits per heavy atom. The average molecular weight is 251 g/mol. The van der Waals surface area contributed by atoms with Gasteiger partial charge >= 0.3 is 0 Å². The van der Waals surface area contributed by atoms with Crippen molar-refractivity contribution in [3.63, 3.8) is 0 Å². The minimum Gasteiger partial charge on any atom is -0.397 e. The molecule has 0 radical (unpaired) electrons. The second-order valence-electron chi connectivity index (χ2n) is 4.12. The molecule has 94 valence electrons. The number of benzene rings is 2. The van der Waals surface area contributed by atoms with Crippen molar-refractivity contribution in [2.45, 2.75) is 0 Å². The quantitative estimate of drug-likeness (QED) is 0.554. The second kappa shape index (κ2) is 4.86. The summed E-state index contributed by atoms with van der Waals surface area (Å²) < 4.78 is 0. The summed E-state index contributed by atoms with van der Waals surface area (Å²) in [4.78, 5) is 9.91. The standard InChI is InChI=1S/C15H13N3O/c16-12-7-1-2-8-13(12)18-19-14-9-3-5-11-6-4-10-17-15(11)14/h1-10,18H,16H2. The van der Waals surface area contributed by atoms with Crippen molar-refractivity contribution < 1.29 is 4.84 Å². The smallest absolute Gasteiger partial charge is 0.181 e. The number of nitrogens with one attached hydrogen (secondary N) is 1. The Morgan fingerprint density at radius 1 is 0.947 bits per heavy atom. The third kappa shape index (κ3) is 2.28. The van der Waals surface area contributed by atoms with Crippen molar-refractivity contribution in [2.75, 3.05) is 11.2 Å². The van der Waals surface area contributed by atoms with Crippen molar-refractivity contribution in [1.29, 1.82) is 0 Å². The van der Waals surface area contributed by atoms with E-state index in [1.54, 1.807) is 6.20 Å². The van der Waals surface area contributed by atoms with E-state index in [9.17, 15) is 0 Å². The van der Waals surface area contributed by atoms with Crippen LogP contribution in [0, 0.1) is 0 Å². The monoisotopic (exact) mass is 251 g/mol. The third-order valence-electron chi connectivity index (χ3n) is 2.83. The molecule has 0 aliphatic carbocycles. The van der Waals surface area contributed by atoms with Crippen LogP contribution in [-0.2, 0) is 0 Å². The zero-order valence-corrected chi connectivity index (χ0v) is 10.2. The third-order valence-corrected chi connectivity index (χ3v) is 2.83. The van der Waals surface area contributed by atoms with Gasteiger partial charge in [-0.15, -0.1) is 0 Å². The molecule has 0 aliphatic rings. The molecule has 3 aromatic rings. The minimum absolute atomic E-state index is 0.635. The van der Waals surface area contributed by atoms with Crippen molar-refractivity contribution in [3.8, 4) is 5.75 Å². The number of nitrogens with two attached hydrogens (primary N) is 1. The molecular weight excluding hydrogens is 238 g/mol. The fraction of sp³-hybridized carbons (Fsp3) is 0. The van der Waals surface area contributed by atoms with Crippen molar-refractivity contribution >= 4 is 22.3 Å². The zero-order chi connectivity index (χ0) is 13.1. The number of para-hydroxylation sites is 3. The van der Waals surface area contributed by atoms with Crippen LogP contribution in [0.2, 0.25) is 0 Å². The van der Waals surface area contributed by atoms with Gasteiger partial charge in [0.2, 0.25) is 0 Å². The van der Waals surface area contributed by atoms with Crippen LogP contribution in [0.25, 0.3) is 10.9 Å². The van der Waals surface area contributed by atoms with Crippen molar-refractivity contribution in [3.05, 3.63) is 60.8 Å². The first-order valence-electron chi connectivity index (χ1n) is 5.96. The van der Waals surface area contributed by atoms with E-state index < -0.39 is 0 Å². The number of hydrogen-bond acceptors (Lipinski definition) is 4. The highest BCUT2D eigenvalue weighted by Crippen LogP contribution is 2.24. The van der Waals surface area contributed by atoms with Gasteiger partial charge in [0.25, 0.3) is 0 Å². The van der Waals surface area contributed by atoms with Gasteiger partial charge in [0.05, 0.1) is 11.4 Å². The molecule has 0 spiro atoms. The maximum Gasteiger partial charge on any atom is 0.181 e. The number of aromatic nitrogens is 1. The Hall–Kier alpha value is -2.75. The van der Waals surface area contributed by atoms with Crippen LogP contribution >= 0.6 is 0 Å². The first kappa shape index (κ1) is 11.3. The molecular formula is C15H13N3O. The predicted molar refractivity (Wildman–Crippen MR) is 76.8 cm³/mol. The van der Waals surface area contributed by atoms with Crippen molar-refractivity contribution in [1.82, 2.24) is 4.98 Å². The summed E-state index contributed by atoms with van der Waals surface area (Å²) in [5.41, 5.74) is 10.9. The van der Waals surface area contributed by atoms with E-state index >= 15 is 0 Å². The molecule has 1 heterocycles. The van der Waals surface area contributed by atoms with E-state index in [1.165, 1.54) is 0 Å². The Balaban J connectivity index is 1.88. The normalized spacial score (nSPS) is 10.3. The number of hydrogen-bond donors (Lipinski definition) is 2. The topological polar surface area (TPSA) is 60.2 Å². The molecule has 0 unspecified atom stereocenters. The minimum atomic E-state index is 0.635. The highest BCUT2D eigenvalue weighted by molar-refractivity contribution is 5.84. The number of pyridine rings is 1. The lowest BCUT2D eigenvalue weighted by atomic mass is 10.2. The molecule has 1 aromatic heterocycles. The number of fused-ring (bicyclic) bond motifs is 1. The van der Waals surface area contributed by atoms with Gasteiger partial charge in [0.1, 0.15) is 5.52 Å². The fourth-order valence-corrected chi connectivity index (χ4v) is 1.86. The van der Waals surface area contributed by atoms with E-state index in [-0.39, 0.29) is 0 Å². The fourth-order valence-electron chi connectivity index (χ4n) is 1.86. The summed E-state index contributed by atoms with van der Waals surface area (Å²) in [5.74, 6) is 0.668. The average Bonchev–Trinajstić information content (AvgIpc) is 2.46. The summed E-state index contributed by atoms with van der Waals surface area (Å²) in [7, 11) is 0. The first-order chi connectivity index (χ1) is 9.34. The molecule has 0 atom stereocenters. The van der Waals surface area contributed by atoms with Gasteiger partial charge in [-0.05, 0) is 24.3 Å².